The molecule has 2 aromatic carbocycles. The van der Waals surface area contributed by atoms with Gasteiger partial charge < -0.3 is 4.90 Å². The number of hydrogen-bond acceptors (Lipinski definition) is 1. The summed E-state index contributed by atoms with van der Waals surface area (Å²) in [6.07, 6.45) is 0. The Morgan fingerprint density at radius 3 is 2.82 bits per heavy atom. The number of benzene rings is 2. The predicted molar refractivity (Wildman–Crippen MR) is 78.0 cm³/mol. The van der Waals surface area contributed by atoms with Crippen molar-refractivity contribution >= 4 is 32.4 Å². The first-order valence-electron chi connectivity index (χ1n) is 6.18. The van der Waals surface area contributed by atoms with Crippen LogP contribution in [0.15, 0.2) is 34.8 Å². The molecule has 1 heterocycles. The van der Waals surface area contributed by atoms with E-state index in [9.17, 15) is 0 Å². The van der Waals surface area contributed by atoms with Crippen LogP contribution in [0, 0.1) is 0 Å². The molecular weight excluding hydrogens is 274 g/mol. The summed E-state index contributed by atoms with van der Waals surface area (Å²) in [5.74, 6) is 0.628. The van der Waals surface area contributed by atoms with Crippen LogP contribution >= 0.6 is 15.9 Å². The summed E-state index contributed by atoms with van der Waals surface area (Å²) < 4.78 is 1.19. The van der Waals surface area contributed by atoms with Gasteiger partial charge in [0.15, 0.2) is 0 Å². The molecule has 1 aliphatic heterocycles. The maximum absolute atomic E-state index is 3.64. The van der Waals surface area contributed by atoms with Crippen molar-refractivity contribution in [1.82, 2.24) is 0 Å². The Labute approximate surface area is 111 Å². The van der Waals surface area contributed by atoms with Crippen LogP contribution in [0.5, 0.6) is 0 Å². The van der Waals surface area contributed by atoms with Gasteiger partial charge in [0.1, 0.15) is 0 Å². The summed E-state index contributed by atoms with van der Waals surface area (Å²) in [4.78, 5) is 2.47. The molecule has 0 fully saturated rings. The topological polar surface area (TPSA) is 3.24 Å². The zero-order valence-electron chi connectivity index (χ0n) is 10.2. The second-order valence-electron chi connectivity index (χ2n) is 4.77. The van der Waals surface area contributed by atoms with Crippen molar-refractivity contribution < 1.29 is 0 Å². The Bertz CT molecular complexity index is 576. The number of fused-ring (bicyclic) bond motifs is 3. The smallest absolute Gasteiger partial charge is 0.0408 e. The molecule has 0 saturated heterocycles. The van der Waals surface area contributed by atoms with Gasteiger partial charge in [-0.25, -0.2) is 0 Å². The zero-order valence-corrected chi connectivity index (χ0v) is 11.8. The third kappa shape index (κ3) is 1.58. The highest BCUT2D eigenvalue weighted by molar-refractivity contribution is 9.10. The molecule has 1 nitrogen and oxygen atoms in total. The second kappa shape index (κ2) is 4.02. The minimum Gasteiger partial charge on any atom is -0.371 e. The molecule has 0 aliphatic carbocycles. The fourth-order valence-corrected chi connectivity index (χ4v) is 3.44. The molecule has 0 spiro atoms. The van der Waals surface area contributed by atoms with E-state index in [0.717, 1.165) is 13.1 Å². The maximum atomic E-state index is 3.64. The van der Waals surface area contributed by atoms with Crippen LogP contribution < -0.4 is 4.90 Å². The molecule has 0 bridgehead atoms. The Morgan fingerprint density at radius 1 is 1.24 bits per heavy atom. The molecule has 88 valence electrons. The Balaban J connectivity index is 2.33. The molecular formula is C15H16BrN. The van der Waals surface area contributed by atoms with Gasteiger partial charge in [-0.2, -0.15) is 0 Å². The van der Waals surface area contributed by atoms with E-state index >= 15 is 0 Å². The lowest BCUT2D eigenvalue weighted by atomic mass is 9.96. The summed E-state index contributed by atoms with van der Waals surface area (Å²) in [5.41, 5.74) is 2.94. The standard InChI is InChI=1S/C15H16BrN/c1-3-17-9-10(2)15-12-5-4-6-13(16)11(12)7-8-14(15)17/h4-8,10H,3,9H2,1-2H3. The summed E-state index contributed by atoms with van der Waals surface area (Å²) >= 11 is 3.64. The molecule has 0 aromatic heterocycles. The number of likely N-dealkylation sites (N-methyl/N-ethyl adjacent to an activating group) is 1. The van der Waals surface area contributed by atoms with E-state index in [1.165, 1.54) is 26.5 Å². The van der Waals surface area contributed by atoms with Crippen molar-refractivity contribution in [2.45, 2.75) is 19.8 Å². The molecule has 1 unspecified atom stereocenters. The minimum atomic E-state index is 0.628. The van der Waals surface area contributed by atoms with E-state index in [1.807, 2.05) is 0 Å². The van der Waals surface area contributed by atoms with E-state index in [2.05, 4.69) is 65.0 Å². The van der Waals surface area contributed by atoms with Gasteiger partial charge in [-0.15, -0.1) is 0 Å². The first-order valence-corrected chi connectivity index (χ1v) is 6.97. The highest BCUT2D eigenvalue weighted by Crippen LogP contribution is 2.42. The van der Waals surface area contributed by atoms with E-state index < -0.39 is 0 Å². The van der Waals surface area contributed by atoms with Crippen LogP contribution in [0.2, 0.25) is 0 Å². The summed E-state index contributed by atoms with van der Waals surface area (Å²) in [6, 6.07) is 11.0. The van der Waals surface area contributed by atoms with E-state index in [0.29, 0.717) is 5.92 Å². The molecule has 0 N–H and O–H groups in total. The molecule has 0 radical (unpaired) electrons. The number of anilines is 1. The average molecular weight is 290 g/mol. The Kier molecular flexibility index (Phi) is 2.62. The monoisotopic (exact) mass is 289 g/mol. The lowest BCUT2D eigenvalue weighted by Gasteiger charge is -2.17. The highest BCUT2D eigenvalue weighted by atomic mass is 79.9. The lowest BCUT2D eigenvalue weighted by Crippen LogP contribution is -2.20. The number of halogens is 1. The fourth-order valence-electron chi connectivity index (χ4n) is 2.94. The zero-order chi connectivity index (χ0) is 12.0. The van der Waals surface area contributed by atoms with Gasteiger partial charge in [-0.1, -0.05) is 41.1 Å². The normalized spacial score (nSPS) is 18.8. The van der Waals surface area contributed by atoms with Crippen LogP contribution in [0.1, 0.15) is 25.3 Å². The summed E-state index contributed by atoms with van der Waals surface area (Å²) in [6.45, 7) is 6.80. The van der Waals surface area contributed by atoms with Gasteiger partial charge in [0.25, 0.3) is 0 Å². The quantitative estimate of drug-likeness (QED) is 0.745. The van der Waals surface area contributed by atoms with Gasteiger partial charge in [0.05, 0.1) is 0 Å². The molecule has 17 heavy (non-hydrogen) atoms. The Morgan fingerprint density at radius 2 is 2.06 bits per heavy atom. The van der Waals surface area contributed by atoms with Crippen LogP contribution in [0.3, 0.4) is 0 Å². The second-order valence-corrected chi connectivity index (χ2v) is 5.63. The van der Waals surface area contributed by atoms with Gasteiger partial charge in [-0.3, -0.25) is 0 Å². The summed E-state index contributed by atoms with van der Waals surface area (Å²) in [5, 5.41) is 2.73. The van der Waals surface area contributed by atoms with Crippen LogP contribution in [-0.2, 0) is 0 Å². The third-order valence-electron chi connectivity index (χ3n) is 3.74. The summed E-state index contributed by atoms with van der Waals surface area (Å²) in [7, 11) is 0. The van der Waals surface area contributed by atoms with E-state index in [-0.39, 0.29) is 0 Å². The number of hydrogen-bond donors (Lipinski definition) is 0. The fraction of sp³-hybridized carbons (Fsp3) is 0.333. The molecule has 1 aliphatic rings. The van der Waals surface area contributed by atoms with E-state index in [1.54, 1.807) is 0 Å². The van der Waals surface area contributed by atoms with Gasteiger partial charge in [-0.05, 0) is 35.4 Å². The van der Waals surface area contributed by atoms with Crippen LogP contribution in [-0.4, -0.2) is 13.1 Å². The molecule has 0 amide bonds. The minimum absolute atomic E-state index is 0.628. The first-order chi connectivity index (χ1) is 8.22. The van der Waals surface area contributed by atoms with Crippen molar-refractivity contribution in [3.05, 3.63) is 40.4 Å². The van der Waals surface area contributed by atoms with E-state index in [4.69, 9.17) is 0 Å². The third-order valence-corrected chi connectivity index (χ3v) is 4.43. The number of rotatable bonds is 1. The molecule has 0 saturated carbocycles. The maximum Gasteiger partial charge on any atom is 0.0408 e. The largest absolute Gasteiger partial charge is 0.371 e. The van der Waals surface area contributed by atoms with Gasteiger partial charge >= 0.3 is 0 Å². The molecule has 2 heteroatoms. The highest BCUT2D eigenvalue weighted by Gasteiger charge is 2.26. The molecule has 2 aromatic rings. The lowest BCUT2D eigenvalue weighted by molar-refractivity contribution is 0.765. The van der Waals surface area contributed by atoms with Crippen LogP contribution in [0.4, 0.5) is 5.69 Å². The SMILES string of the molecule is CCN1CC(C)c2c1ccc1c(Br)cccc21. The Hall–Kier alpha value is -1.02. The van der Waals surface area contributed by atoms with Crippen molar-refractivity contribution in [2.24, 2.45) is 0 Å². The van der Waals surface area contributed by atoms with Crippen LogP contribution in [0.25, 0.3) is 10.8 Å². The van der Waals surface area contributed by atoms with Gasteiger partial charge in [0.2, 0.25) is 0 Å². The van der Waals surface area contributed by atoms with Crippen molar-refractivity contribution in [1.29, 1.82) is 0 Å². The molecule has 3 rings (SSSR count). The first kappa shape index (κ1) is 11.1. The van der Waals surface area contributed by atoms with Crippen molar-refractivity contribution in [3.63, 3.8) is 0 Å². The molecule has 1 atom stereocenters. The predicted octanol–water partition coefficient (Wildman–Crippen LogP) is 4.55. The van der Waals surface area contributed by atoms with Crippen molar-refractivity contribution in [3.8, 4) is 0 Å². The number of nitrogens with zero attached hydrogens (tertiary/aromatic N) is 1. The van der Waals surface area contributed by atoms with Gasteiger partial charge in [0, 0.05) is 29.2 Å². The van der Waals surface area contributed by atoms with Crippen molar-refractivity contribution in [2.75, 3.05) is 18.0 Å². The average Bonchev–Trinajstić information content (AvgIpc) is 2.67.